The lowest BCUT2D eigenvalue weighted by Gasteiger charge is -2.30. The lowest BCUT2D eigenvalue weighted by atomic mass is 9.75. The van der Waals surface area contributed by atoms with Gasteiger partial charge in [-0.2, -0.15) is 18.3 Å². The van der Waals surface area contributed by atoms with E-state index < -0.39 is 29.0 Å². The Bertz CT molecular complexity index is 1210. The number of nitrogens with one attached hydrogen (secondary N) is 1. The Labute approximate surface area is 211 Å². The van der Waals surface area contributed by atoms with Gasteiger partial charge in [0, 0.05) is 18.2 Å². The van der Waals surface area contributed by atoms with Crippen LogP contribution in [0, 0.1) is 5.41 Å². The zero-order valence-electron chi connectivity index (χ0n) is 20.6. The molecular formula is C25H30F3N5O4. The van der Waals surface area contributed by atoms with Crippen molar-refractivity contribution in [1.29, 1.82) is 0 Å². The number of amides is 1. The lowest BCUT2D eigenvalue weighted by molar-refractivity contribution is -0.141. The van der Waals surface area contributed by atoms with Gasteiger partial charge in [-0.25, -0.2) is 4.68 Å². The number of hydrogen-bond acceptors (Lipinski definition) is 7. The molecule has 2 aliphatic carbocycles. The van der Waals surface area contributed by atoms with Gasteiger partial charge in [0.05, 0.1) is 41.4 Å². The number of hydrogen-bond donors (Lipinski definition) is 3. The van der Waals surface area contributed by atoms with Crippen LogP contribution in [0.4, 0.5) is 18.9 Å². The molecule has 0 atom stereocenters. The van der Waals surface area contributed by atoms with Crippen LogP contribution in [-0.4, -0.2) is 51.6 Å². The summed E-state index contributed by atoms with van der Waals surface area (Å²) in [5.41, 5.74) is 4.57. The van der Waals surface area contributed by atoms with Crippen molar-refractivity contribution >= 4 is 23.6 Å². The highest BCUT2D eigenvalue weighted by molar-refractivity contribution is 6.00. The highest BCUT2D eigenvalue weighted by Gasteiger charge is 2.45. The fraction of sp³-hybridized carbons (Fsp3) is 0.520. The number of carbonyl (C=O) groups is 2. The molecule has 0 aliphatic heterocycles. The zero-order chi connectivity index (χ0) is 27.0. The molecule has 9 nitrogen and oxygen atoms in total. The van der Waals surface area contributed by atoms with Gasteiger partial charge in [0.2, 0.25) is 0 Å². The number of benzene rings is 1. The van der Waals surface area contributed by atoms with E-state index in [1.165, 1.54) is 23.0 Å². The molecule has 37 heavy (non-hydrogen) atoms. The number of rotatable bonds is 7. The molecule has 200 valence electrons. The van der Waals surface area contributed by atoms with Crippen LogP contribution < -0.4 is 11.1 Å². The average molecular weight is 522 g/mol. The average Bonchev–Trinajstić information content (AvgIpc) is 3.19. The van der Waals surface area contributed by atoms with E-state index in [0.29, 0.717) is 11.4 Å². The van der Waals surface area contributed by atoms with Crippen LogP contribution in [-0.2, 0) is 17.3 Å². The zero-order valence-corrected chi connectivity index (χ0v) is 20.6. The van der Waals surface area contributed by atoms with Crippen LogP contribution in [0.5, 0.6) is 0 Å². The molecule has 2 aromatic rings. The molecule has 0 bridgehead atoms. The number of oxime groups is 1. The minimum Gasteiger partial charge on any atom is -0.411 e. The monoisotopic (exact) mass is 521 g/mol. The molecule has 1 saturated carbocycles. The number of ketones is 1. The number of fused-ring (bicyclic) bond motifs is 1. The first kappa shape index (κ1) is 26.6. The van der Waals surface area contributed by atoms with E-state index in [4.69, 9.17) is 15.7 Å². The first-order valence-electron chi connectivity index (χ1n) is 12.1. The lowest BCUT2D eigenvalue weighted by Crippen LogP contribution is -2.31. The van der Waals surface area contributed by atoms with Crippen molar-refractivity contribution in [1.82, 2.24) is 9.78 Å². The van der Waals surface area contributed by atoms with Crippen molar-refractivity contribution in [3.8, 4) is 5.69 Å². The van der Waals surface area contributed by atoms with Crippen molar-refractivity contribution in [2.24, 2.45) is 16.3 Å². The molecular weight excluding hydrogens is 491 g/mol. The molecule has 0 spiro atoms. The Hall–Kier alpha value is -3.41. The van der Waals surface area contributed by atoms with Crippen molar-refractivity contribution in [2.45, 2.75) is 70.7 Å². The van der Waals surface area contributed by atoms with Crippen molar-refractivity contribution in [2.75, 3.05) is 11.9 Å². The van der Waals surface area contributed by atoms with E-state index in [1.807, 2.05) is 13.8 Å². The Morgan fingerprint density at radius 1 is 1.30 bits per heavy atom. The second-order valence-electron chi connectivity index (χ2n) is 10.4. The van der Waals surface area contributed by atoms with E-state index in [0.717, 1.165) is 25.7 Å². The third kappa shape index (κ3) is 5.79. The quantitative estimate of drug-likeness (QED) is 0.282. The summed E-state index contributed by atoms with van der Waals surface area (Å²) in [6, 6.07) is 4.48. The van der Waals surface area contributed by atoms with Crippen LogP contribution in [0.25, 0.3) is 5.69 Å². The van der Waals surface area contributed by atoms with Gasteiger partial charge >= 0.3 is 6.18 Å². The molecule has 4 rings (SSSR count). The number of ether oxygens (including phenoxy) is 1. The number of Topliss-reactive ketones (excluding diaryl/α,β-unsaturated/α-hetero) is 1. The minimum absolute atomic E-state index is 0.00137. The summed E-state index contributed by atoms with van der Waals surface area (Å²) in [6.45, 7) is 3.87. The number of anilines is 1. The maximum atomic E-state index is 13.8. The molecule has 1 heterocycles. The molecule has 4 N–H and O–H groups in total. The van der Waals surface area contributed by atoms with Crippen LogP contribution in [0.1, 0.15) is 78.1 Å². The van der Waals surface area contributed by atoms with Crippen molar-refractivity contribution < 1.29 is 32.7 Å². The normalized spacial score (nSPS) is 21.7. The first-order chi connectivity index (χ1) is 17.4. The number of nitrogens with zero attached hydrogens (tertiary/aromatic N) is 3. The Balaban J connectivity index is 1.66. The SMILES string of the molecule is CC1(C)CC(=O)c2c(C(F)(F)F)nn(-c3ccc(C(N)=O)c(NC4CCC(OCC=NO)CC4)c3)c2C1. The van der Waals surface area contributed by atoms with Gasteiger partial charge in [-0.1, -0.05) is 19.0 Å². The van der Waals surface area contributed by atoms with Crippen LogP contribution in [0.3, 0.4) is 0 Å². The first-order valence-corrected chi connectivity index (χ1v) is 12.1. The summed E-state index contributed by atoms with van der Waals surface area (Å²) < 4.78 is 48.3. The van der Waals surface area contributed by atoms with Gasteiger partial charge in [0.15, 0.2) is 11.5 Å². The van der Waals surface area contributed by atoms with Gasteiger partial charge in [-0.15, -0.1) is 0 Å². The predicted octanol–water partition coefficient (Wildman–Crippen LogP) is 4.34. The minimum atomic E-state index is -4.79. The van der Waals surface area contributed by atoms with Crippen LogP contribution in [0.2, 0.25) is 0 Å². The van der Waals surface area contributed by atoms with E-state index in [9.17, 15) is 22.8 Å². The molecule has 12 heteroatoms. The Morgan fingerprint density at radius 2 is 2.00 bits per heavy atom. The Morgan fingerprint density at radius 3 is 2.62 bits per heavy atom. The molecule has 0 radical (unpaired) electrons. The van der Waals surface area contributed by atoms with E-state index in [-0.39, 0.29) is 48.4 Å². The second kappa shape index (κ2) is 10.2. The van der Waals surface area contributed by atoms with Gasteiger partial charge in [-0.05, 0) is 55.7 Å². The Kier molecular flexibility index (Phi) is 7.31. The highest BCUT2D eigenvalue weighted by atomic mass is 19.4. The fourth-order valence-electron chi connectivity index (χ4n) is 5.16. The summed E-state index contributed by atoms with van der Waals surface area (Å²) in [5, 5.41) is 18.6. The van der Waals surface area contributed by atoms with Crippen LogP contribution in [0.15, 0.2) is 23.4 Å². The molecule has 1 amide bonds. The highest BCUT2D eigenvalue weighted by Crippen LogP contribution is 2.42. The summed E-state index contributed by atoms with van der Waals surface area (Å²) in [7, 11) is 0. The van der Waals surface area contributed by atoms with Crippen molar-refractivity contribution in [3.63, 3.8) is 0 Å². The summed E-state index contributed by atoms with van der Waals surface area (Å²) in [5.74, 6) is -1.26. The second-order valence-corrected chi connectivity index (χ2v) is 10.4. The maximum absolute atomic E-state index is 13.8. The standard InChI is InChI=1S/C25H30F3N5O4/c1-24(2)12-19-21(20(34)13-24)22(25(26,27)28)32-33(19)15-5-8-17(23(29)35)18(11-15)31-14-3-6-16(7-4-14)37-10-9-30-36/h5,8-9,11,14,16,31,36H,3-4,6-7,10,12-13H2,1-2H3,(H2,29,35). The topological polar surface area (TPSA) is 132 Å². The molecule has 2 aliphatic rings. The summed E-state index contributed by atoms with van der Waals surface area (Å²) >= 11 is 0. The van der Waals surface area contributed by atoms with Gasteiger partial charge in [0.25, 0.3) is 5.91 Å². The third-order valence-corrected chi connectivity index (χ3v) is 6.85. The number of alkyl halides is 3. The number of halogens is 3. The smallest absolute Gasteiger partial charge is 0.411 e. The number of nitrogens with two attached hydrogens (primary N) is 1. The number of primary amides is 1. The summed E-state index contributed by atoms with van der Waals surface area (Å²) in [4.78, 5) is 24.9. The number of aromatic nitrogens is 2. The predicted molar refractivity (Wildman–Crippen MR) is 129 cm³/mol. The largest absolute Gasteiger partial charge is 0.435 e. The molecule has 1 fully saturated rings. The third-order valence-electron chi connectivity index (χ3n) is 6.85. The fourth-order valence-corrected chi connectivity index (χ4v) is 5.16. The van der Waals surface area contributed by atoms with Crippen molar-refractivity contribution in [3.05, 3.63) is 40.7 Å². The van der Waals surface area contributed by atoms with Gasteiger partial charge < -0.3 is 21.0 Å². The maximum Gasteiger partial charge on any atom is 0.435 e. The summed E-state index contributed by atoms with van der Waals surface area (Å²) in [6.07, 6.45) is -0.350. The molecule has 1 aromatic carbocycles. The van der Waals surface area contributed by atoms with Crippen LogP contribution >= 0.6 is 0 Å². The van der Waals surface area contributed by atoms with E-state index in [2.05, 4.69) is 15.6 Å². The molecule has 0 saturated heterocycles. The van der Waals surface area contributed by atoms with Gasteiger partial charge in [0.1, 0.15) is 0 Å². The van der Waals surface area contributed by atoms with Gasteiger partial charge in [-0.3, -0.25) is 9.59 Å². The molecule has 1 aromatic heterocycles. The molecule has 0 unspecified atom stereocenters. The van der Waals surface area contributed by atoms with E-state index >= 15 is 0 Å². The number of carbonyl (C=O) groups excluding carboxylic acids is 2. The van der Waals surface area contributed by atoms with E-state index in [1.54, 1.807) is 6.07 Å².